The molecule has 0 amide bonds. The second kappa shape index (κ2) is 4.01. The molecule has 2 rings (SSSR count). The van der Waals surface area contributed by atoms with Gasteiger partial charge >= 0.3 is 0 Å². The molecule has 1 aromatic rings. The predicted octanol–water partition coefficient (Wildman–Crippen LogP) is 2.15. The van der Waals surface area contributed by atoms with Crippen molar-refractivity contribution in [2.24, 2.45) is 0 Å². The lowest BCUT2D eigenvalue weighted by Gasteiger charge is -2.31. The summed E-state index contributed by atoms with van der Waals surface area (Å²) in [5, 5.41) is 9.10. The van der Waals surface area contributed by atoms with Gasteiger partial charge in [0, 0.05) is 12.8 Å². The average Bonchev–Trinajstić information content (AvgIpc) is 2.17. The fourth-order valence-electron chi connectivity index (χ4n) is 1.63. The lowest BCUT2D eigenvalue weighted by molar-refractivity contribution is -0.0107. The Kier molecular flexibility index (Phi) is 2.73. The summed E-state index contributed by atoms with van der Waals surface area (Å²) in [6, 6.07) is 8.18. The van der Waals surface area contributed by atoms with Crippen LogP contribution in [0.15, 0.2) is 24.3 Å². The van der Waals surface area contributed by atoms with Crippen LogP contribution in [0.2, 0.25) is 0 Å². The third-order valence-electron chi connectivity index (χ3n) is 2.70. The van der Waals surface area contributed by atoms with Crippen molar-refractivity contribution in [2.45, 2.75) is 38.4 Å². The summed E-state index contributed by atoms with van der Waals surface area (Å²) < 4.78 is 5.66. The number of hydrogen-bond acceptors (Lipinski definition) is 2. The number of ether oxygens (including phenoxy) is 1. The third-order valence-corrected chi connectivity index (χ3v) is 2.70. The van der Waals surface area contributed by atoms with Crippen molar-refractivity contribution in [1.29, 1.82) is 0 Å². The van der Waals surface area contributed by atoms with Gasteiger partial charge in [-0.3, -0.25) is 0 Å². The molecule has 1 aliphatic carbocycles. The van der Waals surface area contributed by atoms with Crippen LogP contribution < -0.4 is 4.74 Å². The number of aliphatic hydroxyl groups excluding tert-OH is 1. The topological polar surface area (TPSA) is 29.5 Å². The summed E-state index contributed by atoms with van der Waals surface area (Å²) in [6.45, 7) is 2.14. The molecule has 0 aromatic heterocycles. The predicted molar refractivity (Wildman–Crippen MR) is 55.5 cm³/mol. The van der Waals surface area contributed by atoms with Gasteiger partial charge in [-0.1, -0.05) is 19.1 Å². The summed E-state index contributed by atoms with van der Waals surface area (Å²) in [7, 11) is 0. The second-order valence-electron chi connectivity index (χ2n) is 3.86. The van der Waals surface area contributed by atoms with Gasteiger partial charge in [-0.15, -0.1) is 0 Å². The monoisotopic (exact) mass is 192 g/mol. The van der Waals surface area contributed by atoms with Gasteiger partial charge in [-0.05, 0) is 24.1 Å². The molecule has 1 N–H and O–H groups in total. The summed E-state index contributed by atoms with van der Waals surface area (Å²) in [5.74, 6) is 0.916. The van der Waals surface area contributed by atoms with Crippen molar-refractivity contribution in [3.05, 3.63) is 29.8 Å². The zero-order valence-electron chi connectivity index (χ0n) is 8.44. The minimum Gasteiger partial charge on any atom is -0.490 e. The van der Waals surface area contributed by atoms with E-state index in [-0.39, 0.29) is 12.2 Å². The normalized spacial score (nSPS) is 25.6. The molecule has 0 unspecified atom stereocenters. The van der Waals surface area contributed by atoms with E-state index in [2.05, 4.69) is 19.1 Å². The number of hydrogen-bond donors (Lipinski definition) is 1. The molecule has 0 bridgehead atoms. The largest absolute Gasteiger partial charge is 0.490 e. The van der Waals surface area contributed by atoms with Crippen LogP contribution in [0.4, 0.5) is 0 Å². The summed E-state index contributed by atoms with van der Waals surface area (Å²) in [5.41, 5.74) is 1.32. The first-order valence-electron chi connectivity index (χ1n) is 5.21. The molecule has 1 fully saturated rings. The van der Waals surface area contributed by atoms with Crippen molar-refractivity contribution in [2.75, 3.05) is 0 Å². The molecule has 0 spiro atoms. The number of aryl methyl sites for hydroxylation is 1. The summed E-state index contributed by atoms with van der Waals surface area (Å²) in [4.78, 5) is 0. The standard InChI is InChI=1S/C12H16O2/c1-2-9-3-5-11(6-4-9)14-12-7-10(13)8-12/h3-6,10,12-13H,2,7-8H2,1H3. The van der Waals surface area contributed by atoms with E-state index in [1.807, 2.05) is 12.1 Å². The van der Waals surface area contributed by atoms with E-state index in [4.69, 9.17) is 9.84 Å². The first kappa shape index (κ1) is 9.53. The van der Waals surface area contributed by atoms with E-state index in [1.54, 1.807) is 0 Å². The highest BCUT2D eigenvalue weighted by molar-refractivity contribution is 5.27. The van der Waals surface area contributed by atoms with Crippen molar-refractivity contribution in [1.82, 2.24) is 0 Å². The van der Waals surface area contributed by atoms with Gasteiger partial charge in [0.25, 0.3) is 0 Å². The van der Waals surface area contributed by atoms with Crippen molar-refractivity contribution in [3.63, 3.8) is 0 Å². The molecule has 1 saturated carbocycles. The van der Waals surface area contributed by atoms with Crippen LogP contribution in [-0.4, -0.2) is 17.3 Å². The quantitative estimate of drug-likeness (QED) is 0.795. The van der Waals surface area contributed by atoms with Gasteiger partial charge < -0.3 is 9.84 Å². The van der Waals surface area contributed by atoms with Gasteiger partial charge in [-0.25, -0.2) is 0 Å². The summed E-state index contributed by atoms with van der Waals surface area (Å²) >= 11 is 0. The fourth-order valence-corrected chi connectivity index (χ4v) is 1.63. The van der Waals surface area contributed by atoms with Crippen LogP contribution in [0.1, 0.15) is 25.3 Å². The highest BCUT2D eigenvalue weighted by Crippen LogP contribution is 2.25. The zero-order chi connectivity index (χ0) is 9.97. The number of rotatable bonds is 3. The Labute approximate surface area is 84.5 Å². The van der Waals surface area contributed by atoms with E-state index in [9.17, 15) is 0 Å². The Morgan fingerprint density at radius 1 is 1.29 bits per heavy atom. The van der Waals surface area contributed by atoms with Crippen molar-refractivity contribution < 1.29 is 9.84 Å². The Hall–Kier alpha value is -1.02. The first-order valence-corrected chi connectivity index (χ1v) is 5.21. The van der Waals surface area contributed by atoms with E-state index >= 15 is 0 Å². The first-order chi connectivity index (χ1) is 6.78. The Morgan fingerprint density at radius 3 is 2.43 bits per heavy atom. The molecular weight excluding hydrogens is 176 g/mol. The van der Waals surface area contributed by atoms with E-state index in [0.717, 1.165) is 25.0 Å². The van der Waals surface area contributed by atoms with E-state index in [1.165, 1.54) is 5.56 Å². The number of aliphatic hydroxyl groups is 1. The lowest BCUT2D eigenvalue weighted by Crippen LogP contribution is -2.37. The maximum absolute atomic E-state index is 9.10. The van der Waals surface area contributed by atoms with Gasteiger partial charge in [0.05, 0.1) is 6.10 Å². The maximum atomic E-state index is 9.10. The lowest BCUT2D eigenvalue weighted by atomic mass is 9.92. The minimum atomic E-state index is -0.144. The smallest absolute Gasteiger partial charge is 0.119 e. The van der Waals surface area contributed by atoms with Crippen LogP contribution in [0.5, 0.6) is 5.75 Å². The Morgan fingerprint density at radius 2 is 1.93 bits per heavy atom. The average molecular weight is 192 g/mol. The molecule has 0 aliphatic heterocycles. The fraction of sp³-hybridized carbons (Fsp3) is 0.500. The molecule has 76 valence electrons. The van der Waals surface area contributed by atoms with Gasteiger partial charge in [0.2, 0.25) is 0 Å². The highest BCUT2D eigenvalue weighted by Gasteiger charge is 2.28. The molecule has 0 radical (unpaired) electrons. The van der Waals surface area contributed by atoms with E-state index in [0.29, 0.717) is 0 Å². The molecule has 0 saturated heterocycles. The van der Waals surface area contributed by atoms with Crippen LogP contribution in [0.25, 0.3) is 0 Å². The van der Waals surface area contributed by atoms with Crippen molar-refractivity contribution in [3.8, 4) is 5.75 Å². The molecular formula is C12H16O2. The third kappa shape index (κ3) is 2.07. The van der Waals surface area contributed by atoms with Crippen LogP contribution in [-0.2, 0) is 6.42 Å². The maximum Gasteiger partial charge on any atom is 0.119 e. The molecule has 1 aromatic carbocycles. The molecule has 14 heavy (non-hydrogen) atoms. The van der Waals surface area contributed by atoms with Gasteiger partial charge in [0.15, 0.2) is 0 Å². The second-order valence-corrected chi connectivity index (χ2v) is 3.86. The Bertz CT molecular complexity index is 286. The van der Waals surface area contributed by atoms with Gasteiger partial charge in [-0.2, -0.15) is 0 Å². The van der Waals surface area contributed by atoms with Crippen LogP contribution in [0, 0.1) is 0 Å². The van der Waals surface area contributed by atoms with Gasteiger partial charge in [0.1, 0.15) is 11.9 Å². The van der Waals surface area contributed by atoms with E-state index < -0.39 is 0 Å². The van der Waals surface area contributed by atoms with Crippen LogP contribution >= 0.6 is 0 Å². The summed E-state index contributed by atoms with van der Waals surface area (Å²) in [6.07, 6.45) is 2.68. The zero-order valence-corrected chi connectivity index (χ0v) is 8.44. The molecule has 0 atom stereocenters. The number of benzene rings is 1. The SMILES string of the molecule is CCc1ccc(OC2CC(O)C2)cc1. The van der Waals surface area contributed by atoms with Crippen LogP contribution in [0.3, 0.4) is 0 Å². The molecule has 1 aliphatic rings. The van der Waals surface area contributed by atoms with Crippen molar-refractivity contribution >= 4 is 0 Å². The molecule has 0 heterocycles. The highest BCUT2D eigenvalue weighted by atomic mass is 16.5. The minimum absolute atomic E-state index is 0.144. The molecule has 2 nitrogen and oxygen atoms in total. The molecule has 2 heteroatoms. The Balaban J connectivity index is 1.90.